The number of carbonyl (C=O) groups excluding carboxylic acids is 1. The van der Waals surface area contributed by atoms with Crippen LogP contribution in [-0.4, -0.2) is 11.9 Å². The second-order valence-electron chi connectivity index (χ2n) is 6.01. The highest BCUT2D eigenvalue weighted by atomic mass is 35.5. The molecule has 3 N–H and O–H groups in total. The van der Waals surface area contributed by atoms with E-state index in [2.05, 4.69) is 5.32 Å². The molecule has 0 heterocycles. The van der Waals surface area contributed by atoms with Gasteiger partial charge < -0.3 is 10.6 Å². The van der Waals surface area contributed by atoms with Crippen LogP contribution in [0.15, 0.2) is 48.5 Å². The lowest BCUT2D eigenvalue weighted by molar-refractivity contribution is -0.709. The standard InChI is InChI=1S/C18H18ClF3N2O/c1-11(2)23-16(12-6-4-3-5-7-12)17(25)24-15-10-13(18(20,21)22)8-9-14(15)19/h3-11,16,23H,1-2H3,(H,24,25)/p+1/t16-/m0/s1. The number of alkyl halides is 3. The Morgan fingerprint density at radius 2 is 1.76 bits per heavy atom. The average molecular weight is 372 g/mol. The third kappa shape index (κ3) is 5.21. The van der Waals surface area contributed by atoms with E-state index in [1.807, 2.05) is 25.2 Å². The summed E-state index contributed by atoms with van der Waals surface area (Å²) in [6.07, 6.45) is -4.51. The highest BCUT2D eigenvalue weighted by Crippen LogP contribution is 2.34. The summed E-state index contributed by atoms with van der Waals surface area (Å²) < 4.78 is 38.6. The Kier molecular flexibility index (Phi) is 6.08. The Bertz CT molecular complexity index is 733. The average Bonchev–Trinajstić information content (AvgIpc) is 2.54. The van der Waals surface area contributed by atoms with E-state index < -0.39 is 23.7 Å². The molecule has 0 radical (unpaired) electrons. The van der Waals surface area contributed by atoms with Crippen LogP contribution in [0.3, 0.4) is 0 Å². The molecule has 2 rings (SSSR count). The first-order chi connectivity index (χ1) is 11.7. The molecule has 0 fully saturated rings. The molecule has 0 bridgehead atoms. The summed E-state index contributed by atoms with van der Waals surface area (Å²) >= 11 is 5.95. The predicted molar refractivity (Wildman–Crippen MR) is 91.3 cm³/mol. The first-order valence-electron chi connectivity index (χ1n) is 7.76. The van der Waals surface area contributed by atoms with Crippen LogP contribution in [0, 0.1) is 0 Å². The second kappa shape index (κ2) is 7.89. The van der Waals surface area contributed by atoms with Crippen molar-refractivity contribution in [2.75, 3.05) is 5.32 Å². The Morgan fingerprint density at radius 1 is 1.12 bits per heavy atom. The van der Waals surface area contributed by atoms with Crippen LogP contribution in [-0.2, 0) is 11.0 Å². The molecule has 0 aromatic heterocycles. The quantitative estimate of drug-likeness (QED) is 0.819. The Hall–Kier alpha value is -2.05. The molecule has 2 aromatic rings. The van der Waals surface area contributed by atoms with Gasteiger partial charge in [0, 0.05) is 5.56 Å². The van der Waals surface area contributed by atoms with E-state index in [0.29, 0.717) is 0 Å². The van der Waals surface area contributed by atoms with E-state index in [9.17, 15) is 18.0 Å². The molecule has 7 heteroatoms. The summed E-state index contributed by atoms with van der Waals surface area (Å²) in [5, 5.41) is 4.42. The van der Waals surface area contributed by atoms with Crippen molar-refractivity contribution < 1.29 is 23.3 Å². The number of anilines is 1. The van der Waals surface area contributed by atoms with Crippen LogP contribution in [0.1, 0.15) is 31.0 Å². The number of amides is 1. The summed E-state index contributed by atoms with van der Waals surface area (Å²) in [5.74, 6) is -0.430. The summed E-state index contributed by atoms with van der Waals surface area (Å²) in [5.41, 5.74) is -0.160. The first kappa shape index (κ1) is 19.3. The number of hydrogen-bond donors (Lipinski definition) is 2. The highest BCUT2D eigenvalue weighted by molar-refractivity contribution is 6.33. The van der Waals surface area contributed by atoms with Crippen molar-refractivity contribution in [2.45, 2.75) is 32.1 Å². The predicted octanol–water partition coefficient (Wildman–Crippen LogP) is 4.01. The maximum absolute atomic E-state index is 12.9. The van der Waals surface area contributed by atoms with Crippen molar-refractivity contribution in [1.82, 2.24) is 0 Å². The zero-order valence-electron chi connectivity index (χ0n) is 13.8. The molecule has 134 valence electrons. The highest BCUT2D eigenvalue weighted by Gasteiger charge is 2.32. The van der Waals surface area contributed by atoms with Crippen LogP contribution in [0.25, 0.3) is 0 Å². The molecule has 0 spiro atoms. The third-order valence-corrected chi connectivity index (χ3v) is 3.90. The minimum absolute atomic E-state index is 0.0534. The number of quaternary nitrogens is 1. The molecular weight excluding hydrogens is 353 g/mol. The number of nitrogens with two attached hydrogens (primary N) is 1. The molecule has 1 atom stereocenters. The number of carbonyl (C=O) groups is 1. The zero-order chi connectivity index (χ0) is 18.6. The van der Waals surface area contributed by atoms with E-state index in [1.54, 1.807) is 24.3 Å². The van der Waals surface area contributed by atoms with E-state index in [4.69, 9.17) is 11.6 Å². The van der Waals surface area contributed by atoms with Crippen LogP contribution in [0.5, 0.6) is 0 Å². The van der Waals surface area contributed by atoms with Crippen molar-refractivity contribution in [1.29, 1.82) is 0 Å². The van der Waals surface area contributed by atoms with Gasteiger partial charge in [-0.3, -0.25) is 4.79 Å². The molecule has 0 aliphatic heterocycles. The Balaban J connectivity index is 2.29. The minimum Gasteiger partial charge on any atom is -0.330 e. The Labute approximate surface area is 149 Å². The maximum Gasteiger partial charge on any atom is 0.416 e. The van der Waals surface area contributed by atoms with E-state index in [0.717, 1.165) is 23.8 Å². The fraction of sp³-hybridized carbons (Fsp3) is 0.278. The normalized spacial score (nSPS) is 12.9. The number of nitrogens with one attached hydrogen (secondary N) is 1. The number of hydrogen-bond acceptors (Lipinski definition) is 1. The van der Waals surface area contributed by atoms with Crippen LogP contribution >= 0.6 is 11.6 Å². The summed E-state index contributed by atoms with van der Waals surface area (Å²) in [6.45, 7) is 3.86. The fourth-order valence-electron chi connectivity index (χ4n) is 2.40. The van der Waals surface area contributed by atoms with Gasteiger partial charge in [-0.1, -0.05) is 41.9 Å². The van der Waals surface area contributed by atoms with Crippen molar-refractivity contribution in [3.63, 3.8) is 0 Å². The molecule has 0 saturated heterocycles. The van der Waals surface area contributed by atoms with Gasteiger partial charge in [0.05, 0.1) is 22.3 Å². The largest absolute Gasteiger partial charge is 0.416 e. The molecule has 2 aromatic carbocycles. The lowest BCUT2D eigenvalue weighted by Crippen LogP contribution is -2.91. The van der Waals surface area contributed by atoms with Gasteiger partial charge in [-0.2, -0.15) is 13.2 Å². The maximum atomic E-state index is 12.9. The van der Waals surface area contributed by atoms with Crippen LogP contribution in [0.4, 0.5) is 18.9 Å². The smallest absolute Gasteiger partial charge is 0.330 e. The van der Waals surface area contributed by atoms with Crippen molar-refractivity contribution in [3.05, 3.63) is 64.7 Å². The summed E-state index contributed by atoms with van der Waals surface area (Å²) in [6, 6.07) is 11.4. The molecule has 0 unspecified atom stereocenters. The molecule has 0 aliphatic rings. The number of halogens is 4. The molecular formula is C18H19ClF3N2O+. The summed E-state index contributed by atoms with van der Waals surface area (Å²) in [4.78, 5) is 12.7. The molecule has 3 nitrogen and oxygen atoms in total. The minimum atomic E-state index is -4.51. The Morgan fingerprint density at radius 3 is 2.32 bits per heavy atom. The SMILES string of the molecule is CC(C)[NH2+][C@H](C(=O)Nc1cc(C(F)(F)F)ccc1Cl)c1ccccc1. The number of benzene rings is 2. The number of rotatable bonds is 5. The van der Waals surface area contributed by atoms with E-state index in [-0.39, 0.29) is 16.8 Å². The topological polar surface area (TPSA) is 45.7 Å². The van der Waals surface area contributed by atoms with Gasteiger partial charge in [0.2, 0.25) is 0 Å². The van der Waals surface area contributed by atoms with E-state index in [1.165, 1.54) is 0 Å². The molecule has 0 saturated carbocycles. The van der Waals surface area contributed by atoms with Crippen molar-refractivity contribution in [3.8, 4) is 0 Å². The lowest BCUT2D eigenvalue weighted by Gasteiger charge is -2.19. The zero-order valence-corrected chi connectivity index (χ0v) is 14.5. The van der Waals surface area contributed by atoms with Crippen LogP contribution < -0.4 is 10.6 Å². The van der Waals surface area contributed by atoms with Gasteiger partial charge in [-0.15, -0.1) is 0 Å². The monoisotopic (exact) mass is 371 g/mol. The summed E-state index contributed by atoms with van der Waals surface area (Å²) in [7, 11) is 0. The second-order valence-corrected chi connectivity index (χ2v) is 6.41. The first-order valence-corrected chi connectivity index (χ1v) is 8.14. The molecule has 0 aliphatic carbocycles. The van der Waals surface area contributed by atoms with Crippen molar-refractivity contribution >= 4 is 23.2 Å². The van der Waals surface area contributed by atoms with Crippen LogP contribution in [0.2, 0.25) is 5.02 Å². The van der Waals surface area contributed by atoms with Crippen molar-refractivity contribution in [2.24, 2.45) is 0 Å². The molecule has 25 heavy (non-hydrogen) atoms. The van der Waals surface area contributed by atoms with Gasteiger partial charge in [-0.25, -0.2) is 0 Å². The van der Waals surface area contributed by atoms with Gasteiger partial charge in [0.1, 0.15) is 0 Å². The van der Waals surface area contributed by atoms with Gasteiger partial charge in [0.25, 0.3) is 5.91 Å². The fourth-order valence-corrected chi connectivity index (χ4v) is 2.57. The van der Waals surface area contributed by atoms with Gasteiger partial charge >= 0.3 is 6.18 Å². The third-order valence-electron chi connectivity index (χ3n) is 3.57. The van der Waals surface area contributed by atoms with Gasteiger partial charge in [0.15, 0.2) is 6.04 Å². The lowest BCUT2D eigenvalue weighted by atomic mass is 10.0. The van der Waals surface area contributed by atoms with E-state index >= 15 is 0 Å². The molecule has 1 amide bonds. The van der Waals surface area contributed by atoms with Gasteiger partial charge in [-0.05, 0) is 32.0 Å².